The first-order valence-corrected chi connectivity index (χ1v) is 12.4. The average molecular weight is 479 g/mol. The average Bonchev–Trinajstić information content (AvgIpc) is 3.54. The second-order valence-corrected chi connectivity index (χ2v) is 9.61. The highest BCUT2D eigenvalue weighted by Crippen LogP contribution is 2.40. The summed E-state index contributed by atoms with van der Waals surface area (Å²) in [6, 6.07) is 24.9. The molecule has 6 rings (SSSR count). The third-order valence-corrected chi connectivity index (χ3v) is 7.22. The van der Waals surface area contributed by atoms with Crippen LogP contribution in [0.1, 0.15) is 47.5 Å². The molecule has 0 saturated heterocycles. The Morgan fingerprint density at radius 3 is 2.51 bits per heavy atom. The van der Waals surface area contributed by atoms with Crippen molar-refractivity contribution in [3.05, 3.63) is 107 Å². The van der Waals surface area contributed by atoms with Crippen LogP contribution in [0, 0.1) is 6.92 Å². The number of benzene rings is 3. The molecule has 1 aliphatic carbocycles. The first kappa shape index (κ1) is 21.7. The lowest BCUT2D eigenvalue weighted by Crippen LogP contribution is -2.46. The Morgan fingerprint density at radius 2 is 1.71 bits per heavy atom. The highest BCUT2D eigenvalue weighted by Gasteiger charge is 2.35. The predicted octanol–water partition coefficient (Wildman–Crippen LogP) is 6.40. The zero-order valence-corrected chi connectivity index (χ0v) is 20.6. The molecule has 1 atom stereocenters. The maximum atomic E-state index is 5.90. The van der Waals surface area contributed by atoms with Crippen LogP contribution >= 0.6 is 12.2 Å². The molecule has 0 radical (unpaired) electrons. The smallest absolute Gasteiger partial charge is 0.258 e. The molecule has 0 amide bonds. The summed E-state index contributed by atoms with van der Waals surface area (Å²) < 4.78 is 5.88. The van der Waals surface area contributed by atoms with Gasteiger partial charge in [-0.15, -0.1) is 0 Å². The van der Waals surface area contributed by atoms with Gasteiger partial charge in [0.2, 0.25) is 5.82 Å². The Kier molecular flexibility index (Phi) is 5.46. The first-order valence-electron chi connectivity index (χ1n) is 12.0. The van der Waals surface area contributed by atoms with Gasteiger partial charge >= 0.3 is 0 Å². The van der Waals surface area contributed by atoms with Gasteiger partial charge in [-0.05, 0) is 74.2 Å². The molecule has 6 heteroatoms. The van der Waals surface area contributed by atoms with Gasteiger partial charge in [0.25, 0.3) is 5.89 Å². The van der Waals surface area contributed by atoms with Crippen LogP contribution in [0.25, 0.3) is 17.0 Å². The summed E-state index contributed by atoms with van der Waals surface area (Å²) >= 11 is 5.90. The van der Waals surface area contributed by atoms with Crippen LogP contribution in [0.3, 0.4) is 0 Å². The highest BCUT2D eigenvalue weighted by atomic mass is 32.1. The molecular weight excluding hydrogens is 452 g/mol. The maximum absolute atomic E-state index is 5.90. The summed E-state index contributed by atoms with van der Waals surface area (Å²) in [6.45, 7) is 4.15. The lowest BCUT2D eigenvalue weighted by molar-refractivity contribution is 0.404. The number of nitrogens with one attached hydrogen (secondary N) is 1. The second-order valence-electron chi connectivity index (χ2n) is 9.22. The molecular formula is C29H26N4OS. The molecule has 1 aromatic heterocycles. The van der Waals surface area contributed by atoms with Gasteiger partial charge in [-0.3, -0.25) is 4.90 Å². The summed E-state index contributed by atoms with van der Waals surface area (Å²) in [6.07, 6.45) is 3.47. The van der Waals surface area contributed by atoms with Gasteiger partial charge < -0.3 is 9.84 Å². The molecule has 0 bridgehead atoms. The molecule has 1 unspecified atom stereocenters. The number of aromatic nitrogens is 2. The molecule has 2 heterocycles. The van der Waals surface area contributed by atoms with Gasteiger partial charge in [0, 0.05) is 16.9 Å². The largest absolute Gasteiger partial charge is 0.351 e. The summed E-state index contributed by atoms with van der Waals surface area (Å²) in [5, 5.41) is 8.54. The number of hydrogen-bond donors (Lipinski definition) is 1. The van der Waals surface area contributed by atoms with Gasteiger partial charge in [-0.25, -0.2) is 0 Å². The fourth-order valence-electron chi connectivity index (χ4n) is 5.08. The lowest BCUT2D eigenvalue weighted by atomic mass is 9.94. The maximum Gasteiger partial charge on any atom is 0.258 e. The van der Waals surface area contributed by atoms with Crippen molar-refractivity contribution < 1.29 is 4.52 Å². The van der Waals surface area contributed by atoms with Gasteiger partial charge in [0.05, 0.1) is 11.6 Å². The van der Waals surface area contributed by atoms with E-state index < -0.39 is 0 Å². The van der Waals surface area contributed by atoms with Crippen molar-refractivity contribution >= 4 is 28.6 Å². The predicted molar refractivity (Wildman–Crippen MR) is 143 cm³/mol. The first-order chi connectivity index (χ1) is 17.1. The summed E-state index contributed by atoms with van der Waals surface area (Å²) in [5.41, 5.74) is 9.02. The van der Waals surface area contributed by atoms with E-state index in [1.54, 1.807) is 0 Å². The van der Waals surface area contributed by atoms with E-state index >= 15 is 0 Å². The van der Waals surface area contributed by atoms with Crippen LogP contribution in [0.4, 0.5) is 5.69 Å². The third kappa shape index (κ3) is 3.94. The van der Waals surface area contributed by atoms with Crippen molar-refractivity contribution in [1.82, 2.24) is 15.5 Å². The monoisotopic (exact) mass is 478 g/mol. The number of hydrogen-bond acceptors (Lipinski definition) is 4. The number of nitrogens with zero attached hydrogens (tertiary/aromatic N) is 3. The van der Waals surface area contributed by atoms with E-state index in [0.717, 1.165) is 40.9 Å². The van der Waals surface area contributed by atoms with Gasteiger partial charge in [0.15, 0.2) is 5.11 Å². The van der Waals surface area contributed by atoms with Crippen molar-refractivity contribution in [2.75, 3.05) is 4.90 Å². The van der Waals surface area contributed by atoms with Crippen LogP contribution in [0.5, 0.6) is 0 Å². The SMILES string of the molecule is CC1=C(c2nc(-c3ccc(C)cc3)no2)C(c2ccccc2)NC(=S)N1c1ccc2c(c1)CCC2. The summed E-state index contributed by atoms with van der Waals surface area (Å²) in [5.74, 6) is 1.07. The Hall–Kier alpha value is -3.77. The van der Waals surface area contributed by atoms with E-state index in [9.17, 15) is 0 Å². The zero-order valence-electron chi connectivity index (χ0n) is 19.8. The van der Waals surface area contributed by atoms with Gasteiger partial charge in [-0.1, -0.05) is 71.4 Å². The van der Waals surface area contributed by atoms with Crippen molar-refractivity contribution in [3.63, 3.8) is 0 Å². The fourth-order valence-corrected chi connectivity index (χ4v) is 5.44. The van der Waals surface area contributed by atoms with E-state index in [1.807, 2.05) is 30.3 Å². The summed E-state index contributed by atoms with van der Waals surface area (Å²) in [7, 11) is 0. The van der Waals surface area contributed by atoms with E-state index in [-0.39, 0.29) is 6.04 Å². The Labute approximate surface area is 210 Å². The molecule has 174 valence electrons. The van der Waals surface area contributed by atoms with Crippen molar-refractivity contribution in [2.24, 2.45) is 0 Å². The minimum absolute atomic E-state index is 0.194. The number of anilines is 1. The summed E-state index contributed by atoms with van der Waals surface area (Å²) in [4.78, 5) is 6.92. The van der Waals surface area contributed by atoms with Crippen molar-refractivity contribution in [3.8, 4) is 11.4 Å². The van der Waals surface area contributed by atoms with Crippen LogP contribution < -0.4 is 10.2 Å². The Bertz CT molecular complexity index is 1440. The van der Waals surface area contributed by atoms with Crippen LogP contribution in [0.15, 0.2) is 83.0 Å². The van der Waals surface area contributed by atoms with Gasteiger partial charge in [0.1, 0.15) is 0 Å². The molecule has 0 fully saturated rings. The molecule has 0 saturated carbocycles. The highest BCUT2D eigenvalue weighted by molar-refractivity contribution is 7.80. The standard InChI is InChI=1S/C29H26N4OS/c1-18-11-13-22(14-12-18)27-31-28(34-32-27)25-19(2)33(24-16-15-20-9-6-10-23(20)17-24)29(35)30-26(25)21-7-4-3-5-8-21/h3-5,7-8,11-17,26H,6,9-10H2,1-2H3,(H,30,35). The molecule has 3 aromatic carbocycles. The topological polar surface area (TPSA) is 54.2 Å². The van der Waals surface area contributed by atoms with Crippen molar-refractivity contribution in [1.29, 1.82) is 0 Å². The zero-order chi connectivity index (χ0) is 23.9. The van der Waals surface area contributed by atoms with Crippen LogP contribution in [0.2, 0.25) is 0 Å². The minimum Gasteiger partial charge on any atom is -0.351 e. The number of thiocarbonyl (C=S) groups is 1. The molecule has 5 nitrogen and oxygen atoms in total. The van der Waals surface area contributed by atoms with E-state index in [2.05, 4.69) is 71.7 Å². The van der Waals surface area contributed by atoms with E-state index in [4.69, 9.17) is 21.7 Å². The quantitative estimate of drug-likeness (QED) is 0.343. The molecule has 2 aliphatic rings. The van der Waals surface area contributed by atoms with E-state index in [1.165, 1.54) is 23.1 Å². The van der Waals surface area contributed by atoms with Crippen LogP contribution in [-0.2, 0) is 12.8 Å². The number of rotatable bonds is 4. The molecule has 0 spiro atoms. The number of aryl methyl sites for hydroxylation is 3. The van der Waals surface area contributed by atoms with Gasteiger partial charge in [-0.2, -0.15) is 4.98 Å². The second kappa shape index (κ2) is 8.78. The molecule has 35 heavy (non-hydrogen) atoms. The Morgan fingerprint density at radius 1 is 0.943 bits per heavy atom. The normalized spacial score (nSPS) is 17.5. The van der Waals surface area contributed by atoms with E-state index in [0.29, 0.717) is 16.8 Å². The number of fused-ring (bicyclic) bond motifs is 1. The number of allylic oxidation sites excluding steroid dienone is 1. The van der Waals surface area contributed by atoms with Crippen molar-refractivity contribution in [2.45, 2.75) is 39.2 Å². The molecule has 4 aromatic rings. The van der Waals surface area contributed by atoms with Crippen LogP contribution in [-0.4, -0.2) is 15.3 Å². The Balaban J connectivity index is 1.48. The molecule has 1 aliphatic heterocycles. The minimum atomic E-state index is -0.194. The molecule has 1 N–H and O–H groups in total. The lowest BCUT2D eigenvalue weighted by Gasteiger charge is -2.37. The fraction of sp³-hybridized carbons (Fsp3) is 0.207. The third-order valence-electron chi connectivity index (χ3n) is 6.92.